The molecule has 3 aromatic carbocycles. The number of ether oxygens (including phenoxy) is 1. The lowest BCUT2D eigenvalue weighted by Crippen LogP contribution is -2.19. The Hall–Kier alpha value is -4.46. The summed E-state index contributed by atoms with van der Waals surface area (Å²) in [6.45, 7) is 0. The fraction of sp³-hybridized carbons (Fsp3) is 0.0800. The van der Waals surface area contributed by atoms with Gasteiger partial charge in [-0.3, -0.25) is 9.78 Å². The first-order chi connectivity index (χ1) is 15.9. The van der Waals surface area contributed by atoms with Gasteiger partial charge in [0.1, 0.15) is 11.6 Å². The number of methoxy groups -OCH3 is 1. The smallest absolute Gasteiger partial charge is 0.335 e. The van der Waals surface area contributed by atoms with Crippen LogP contribution >= 0.6 is 0 Å². The van der Waals surface area contributed by atoms with E-state index in [-0.39, 0.29) is 17.0 Å². The molecule has 0 fully saturated rings. The van der Waals surface area contributed by atoms with Crippen LogP contribution in [0.3, 0.4) is 0 Å². The molecule has 4 rings (SSSR count). The number of fused-ring (bicyclic) bond motifs is 1. The molecule has 0 aliphatic carbocycles. The number of nitrogens with one attached hydrogen (secondary N) is 2. The minimum Gasteiger partial charge on any atom is -0.496 e. The van der Waals surface area contributed by atoms with E-state index in [4.69, 9.17) is 9.84 Å². The van der Waals surface area contributed by atoms with Gasteiger partial charge in [-0.15, -0.1) is 0 Å². The molecule has 3 N–H and O–H groups in total. The average molecular weight is 445 g/mol. The van der Waals surface area contributed by atoms with Crippen molar-refractivity contribution in [1.29, 1.82) is 0 Å². The normalized spacial score (nSPS) is 10.6. The number of halogens is 1. The first-order valence-electron chi connectivity index (χ1n) is 10.0. The molecular weight excluding hydrogens is 425 g/mol. The van der Waals surface area contributed by atoms with E-state index in [1.165, 1.54) is 32.5 Å². The number of rotatable bonds is 6. The first kappa shape index (κ1) is 21.8. The number of carbonyl (C=O) groups excluding carboxylic acids is 1. The van der Waals surface area contributed by atoms with E-state index in [0.29, 0.717) is 33.5 Å². The van der Waals surface area contributed by atoms with Crippen molar-refractivity contribution in [2.75, 3.05) is 19.5 Å². The lowest BCUT2D eigenvalue weighted by atomic mass is 9.98. The Morgan fingerprint density at radius 3 is 2.42 bits per heavy atom. The zero-order valence-electron chi connectivity index (χ0n) is 17.8. The lowest BCUT2D eigenvalue weighted by molar-refractivity contribution is 0.0696. The molecule has 4 aromatic rings. The number of aromatic carboxylic acids is 1. The van der Waals surface area contributed by atoms with Crippen LogP contribution < -0.4 is 15.4 Å². The predicted octanol–water partition coefficient (Wildman–Crippen LogP) is 4.85. The van der Waals surface area contributed by atoms with Gasteiger partial charge in [0.05, 0.1) is 29.4 Å². The fourth-order valence-corrected chi connectivity index (χ4v) is 3.57. The van der Waals surface area contributed by atoms with Gasteiger partial charge in [0.15, 0.2) is 0 Å². The number of carboxylic acids is 1. The largest absolute Gasteiger partial charge is 0.496 e. The Balaban J connectivity index is 1.98. The Morgan fingerprint density at radius 2 is 1.79 bits per heavy atom. The third-order valence-corrected chi connectivity index (χ3v) is 5.21. The summed E-state index contributed by atoms with van der Waals surface area (Å²) in [4.78, 5) is 28.2. The van der Waals surface area contributed by atoms with E-state index in [1.807, 2.05) is 30.3 Å². The molecule has 7 nitrogen and oxygen atoms in total. The lowest BCUT2D eigenvalue weighted by Gasteiger charge is -2.17. The summed E-state index contributed by atoms with van der Waals surface area (Å²) in [7, 11) is 2.98. The molecule has 0 bridgehead atoms. The van der Waals surface area contributed by atoms with Crippen LogP contribution in [-0.2, 0) is 0 Å². The summed E-state index contributed by atoms with van der Waals surface area (Å²) in [6.07, 6.45) is 1.47. The molecule has 0 saturated carbocycles. The minimum absolute atomic E-state index is 0.161. The Labute approximate surface area is 188 Å². The van der Waals surface area contributed by atoms with Crippen LogP contribution in [0.2, 0.25) is 0 Å². The van der Waals surface area contributed by atoms with E-state index < -0.39 is 11.8 Å². The number of aromatic nitrogens is 1. The fourth-order valence-electron chi connectivity index (χ4n) is 3.57. The van der Waals surface area contributed by atoms with Crippen LogP contribution in [0.1, 0.15) is 20.7 Å². The van der Waals surface area contributed by atoms with Crippen molar-refractivity contribution in [1.82, 2.24) is 10.3 Å². The maximum atomic E-state index is 14.9. The maximum Gasteiger partial charge on any atom is 0.335 e. The van der Waals surface area contributed by atoms with Gasteiger partial charge < -0.3 is 20.5 Å². The van der Waals surface area contributed by atoms with Gasteiger partial charge in [0, 0.05) is 41.5 Å². The van der Waals surface area contributed by atoms with Crippen LogP contribution in [0.15, 0.2) is 66.9 Å². The van der Waals surface area contributed by atoms with Gasteiger partial charge in [0.25, 0.3) is 5.91 Å². The number of amides is 1. The third-order valence-electron chi connectivity index (χ3n) is 5.21. The molecule has 0 aliphatic heterocycles. The number of nitrogens with zero attached hydrogens (tertiary/aromatic N) is 1. The minimum atomic E-state index is -1.22. The molecule has 0 unspecified atom stereocenters. The number of para-hydroxylation sites is 1. The molecule has 0 spiro atoms. The van der Waals surface area contributed by atoms with E-state index in [1.54, 1.807) is 12.1 Å². The van der Waals surface area contributed by atoms with Gasteiger partial charge in [-0.05, 0) is 30.3 Å². The summed E-state index contributed by atoms with van der Waals surface area (Å²) in [5, 5.41) is 15.6. The van der Waals surface area contributed by atoms with Crippen LogP contribution in [0.5, 0.6) is 5.75 Å². The Kier molecular flexibility index (Phi) is 5.91. The van der Waals surface area contributed by atoms with E-state index in [9.17, 15) is 14.0 Å². The van der Waals surface area contributed by atoms with Gasteiger partial charge in [0.2, 0.25) is 0 Å². The second-order valence-electron chi connectivity index (χ2n) is 7.19. The quantitative estimate of drug-likeness (QED) is 0.392. The van der Waals surface area contributed by atoms with Gasteiger partial charge >= 0.3 is 5.97 Å². The molecule has 33 heavy (non-hydrogen) atoms. The highest BCUT2D eigenvalue weighted by Gasteiger charge is 2.20. The number of hydrogen-bond acceptors (Lipinski definition) is 5. The molecule has 0 radical (unpaired) electrons. The molecule has 0 saturated heterocycles. The number of carbonyl (C=O) groups is 2. The number of hydrogen-bond donors (Lipinski definition) is 3. The monoisotopic (exact) mass is 445 g/mol. The highest BCUT2D eigenvalue weighted by Crippen LogP contribution is 2.39. The second-order valence-corrected chi connectivity index (χ2v) is 7.19. The van der Waals surface area contributed by atoms with E-state index in [0.717, 1.165) is 11.8 Å². The third kappa shape index (κ3) is 4.18. The molecular formula is C25H20FN3O4. The molecule has 0 atom stereocenters. The highest BCUT2D eigenvalue weighted by molar-refractivity contribution is 6.09. The Morgan fingerprint density at radius 1 is 1.03 bits per heavy atom. The van der Waals surface area contributed by atoms with Crippen molar-refractivity contribution < 1.29 is 23.8 Å². The molecule has 1 amide bonds. The molecule has 0 aliphatic rings. The second kappa shape index (κ2) is 8.96. The Bertz CT molecular complexity index is 1370. The summed E-state index contributed by atoms with van der Waals surface area (Å²) in [6, 6.07) is 16.3. The van der Waals surface area contributed by atoms with Crippen molar-refractivity contribution in [2.24, 2.45) is 0 Å². The molecule has 166 valence electrons. The maximum absolute atomic E-state index is 14.9. The van der Waals surface area contributed by atoms with E-state index in [2.05, 4.69) is 15.6 Å². The van der Waals surface area contributed by atoms with Crippen LogP contribution in [-0.4, -0.2) is 36.1 Å². The number of pyridine rings is 1. The standard InChI is InChI=1S/C25H20FN3O4/c1-27-24(30)19-13-28-21-12-22(33-2)17(16-9-8-14(25(31)32)10-20(16)26)11-18(21)23(19)29-15-6-4-3-5-7-15/h3-13H,1-2H3,(H,27,30)(H,28,29)(H,31,32). The number of anilines is 2. The zero-order valence-corrected chi connectivity index (χ0v) is 17.8. The predicted molar refractivity (Wildman–Crippen MR) is 124 cm³/mol. The number of carboxylic acid groups (broad SMARTS) is 1. The van der Waals surface area contributed by atoms with Crippen molar-refractivity contribution >= 4 is 34.2 Å². The molecule has 1 heterocycles. The first-order valence-corrected chi connectivity index (χ1v) is 10.0. The molecule has 8 heteroatoms. The van der Waals surface area contributed by atoms with Crippen LogP contribution in [0.4, 0.5) is 15.8 Å². The van der Waals surface area contributed by atoms with Crippen molar-refractivity contribution in [3.63, 3.8) is 0 Å². The summed E-state index contributed by atoms with van der Waals surface area (Å²) in [5.74, 6) is -1.91. The SMILES string of the molecule is CNC(=O)c1cnc2cc(OC)c(-c3ccc(C(=O)O)cc3F)cc2c1Nc1ccccc1. The topological polar surface area (TPSA) is 101 Å². The summed E-state index contributed by atoms with van der Waals surface area (Å²) in [5.41, 5.74) is 2.49. The van der Waals surface area contributed by atoms with Crippen LogP contribution in [0, 0.1) is 5.82 Å². The van der Waals surface area contributed by atoms with E-state index >= 15 is 0 Å². The summed E-state index contributed by atoms with van der Waals surface area (Å²) < 4.78 is 20.4. The van der Waals surface area contributed by atoms with Gasteiger partial charge in [-0.25, -0.2) is 9.18 Å². The highest BCUT2D eigenvalue weighted by atomic mass is 19.1. The average Bonchev–Trinajstić information content (AvgIpc) is 2.83. The molecule has 1 aromatic heterocycles. The summed E-state index contributed by atoms with van der Waals surface area (Å²) >= 11 is 0. The van der Waals surface area contributed by atoms with Gasteiger partial charge in [-0.1, -0.05) is 24.3 Å². The van der Waals surface area contributed by atoms with Crippen molar-refractivity contribution in [3.8, 4) is 16.9 Å². The van der Waals surface area contributed by atoms with Gasteiger partial charge in [-0.2, -0.15) is 0 Å². The van der Waals surface area contributed by atoms with Crippen molar-refractivity contribution in [3.05, 3.63) is 83.8 Å². The van der Waals surface area contributed by atoms with Crippen molar-refractivity contribution in [2.45, 2.75) is 0 Å². The number of benzene rings is 3. The van der Waals surface area contributed by atoms with Crippen LogP contribution in [0.25, 0.3) is 22.0 Å². The zero-order chi connectivity index (χ0) is 23.5.